The summed E-state index contributed by atoms with van der Waals surface area (Å²) in [6.07, 6.45) is 0. The summed E-state index contributed by atoms with van der Waals surface area (Å²) in [5.41, 5.74) is 2.13. The van der Waals surface area contributed by atoms with E-state index in [4.69, 9.17) is 0 Å². The van der Waals surface area contributed by atoms with Crippen molar-refractivity contribution >= 4 is 27.3 Å². The van der Waals surface area contributed by atoms with Crippen LogP contribution in [0.4, 0.5) is 4.39 Å². The van der Waals surface area contributed by atoms with E-state index in [2.05, 4.69) is 26.6 Å². The highest BCUT2D eigenvalue weighted by atomic mass is 79.9. The standard InChI is InChI=1S/C13H13BrFNS/c1-9-6-11(15)3-2-10(9)7-16-8-13-12(14)4-5-17-13/h2-6,16H,7-8H2,1H3. The zero-order valence-corrected chi connectivity index (χ0v) is 11.9. The number of rotatable bonds is 4. The maximum absolute atomic E-state index is 12.9. The molecule has 2 aromatic rings. The summed E-state index contributed by atoms with van der Waals surface area (Å²) >= 11 is 5.22. The SMILES string of the molecule is Cc1cc(F)ccc1CNCc1sccc1Br. The fraction of sp³-hybridized carbons (Fsp3) is 0.231. The Hall–Kier alpha value is -0.710. The van der Waals surface area contributed by atoms with Crippen molar-refractivity contribution in [1.29, 1.82) is 0 Å². The lowest BCUT2D eigenvalue weighted by Crippen LogP contribution is -2.13. The van der Waals surface area contributed by atoms with Gasteiger partial charge >= 0.3 is 0 Å². The first kappa shape index (κ1) is 12.7. The van der Waals surface area contributed by atoms with E-state index in [-0.39, 0.29) is 5.82 Å². The van der Waals surface area contributed by atoms with E-state index in [1.165, 1.54) is 10.9 Å². The molecule has 0 saturated carbocycles. The van der Waals surface area contributed by atoms with Crippen LogP contribution in [0.3, 0.4) is 0 Å². The molecule has 0 spiro atoms. The Bertz CT molecular complexity index is 510. The zero-order chi connectivity index (χ0) is 12.3. The molecule has 0 atom stereocenters. The second kappa shape index (κ2) is 5.76. The van der Waals surface area contributed by atoms with Gasteiger partial charge in [0.2, 0.25) is 0 Å². The molecule has 17 heavy (non-hydrogen) atoms. The topological polar surface area (TPSA) is 12.0 Å². The van der Waals surface area contributed by atoms with Crippen LogP contribution in [-0.4, -0.2) is 0 Å². The van der Waals surface area contributed by atoms with E-state index in [1.807, 2.05) is 19.1 Å². The maximum atomic E-state index is 12.9. The van der Waals surface area contributed by atoms with Crippen molar-refractivity contribution in [1.82, 2.24) is 5.32 Å². The summed E-state index contributed by atoms with van der Waals surface area (Å²) in [4.78, 5) is 1.28. The van der Waals surface area contributed by atoms with Crippen molar-refractivity contribution < 1.29 is 4.39 Å². The summed E-state index contributed by atoms with van der Waals surface area (Å²) in [5, 5.41) is 5.42. The summed E-state index contributed by atoms with van der Waals surface area (Å²) in [7, 11) is 0. The average molecular weight is 314 g/mol. The van der Waals surface area contributed by atoms with E-state index in [0.29, 0.717) is 0 Å². The summed E-state index contributed by atoms with van der Waals surface area (Å²) in [5.74, 6) is -0.174. The minimum absolute atomic E-state index is 0.174. The molecule has 0 bridgehead atoms. The monoisotopic (exact) mass is 313 g/mol. The lowest BCUT2D eigenvalue weighted by Gasteiger charge is -2.07. The van der Waals surface area contributed by atoms with Crippen LogP contribution >= 0.6 is 27.3 Å². The highest BCUT2D eigenvalue weighted by Crippen LogP contribution is 2.22. The molecule has 0 amide bonds. The normalized spacial score (nSPS) is 10.8. The van der Waals surface area contributed by atoms with Crippen molar-refractivity contribution in [3.63, 3.8) is 0 Å². The van der Waals surface area contributed by atoms with Gasteiger partial charge in [-0.2, -0.15) is 0 Å². The van der Waals surface area contributed by atoms with Crippen LogP contribution in [0.25, 0.3) is 0 Å². The Morgan fingerprint density at radius 2 is 2.12 bits per heavy atom. The number of halogens is 2. The number of aryl methyl sites for hydroxylation is 1. The minimum atomic E-state index is -0.174. The quantitative estimate of drug-likeness (QED) is 0.890. The van der Waals surface area contributed by atoms with E-state index >= 15 is 0 Å². The van der Waals surface area contributed by atoms with Crippen molar-refractivity contribution in [3.05, 3.63) is 55.9 Å². The lowest BCUT2D eigenvalue weighted by atomic mass is 10.1. The first-order chi connectivity index (χ1) is 8.16. The molecule has 90 valence electrons. The van der Waals surface area contributed by atoms with Gasteiger partial charge in [0.1, 0.15) is 5.82 Å². The average Bonchev–Trinajstić information content (AvgIpc) is 2.68. The first-order valence-electron chi connectivity index (χ1n) is 5.34. The van der Waals surface area contributed by atoms with Gasteiger partial charge in [-0.05, 0) is 57.6 Å². The van der Waals surface area contributed by atoms with Crippen LogP contribution in [0.1, 0.15) is 16.0 Å². The third-order valence-corrected chi connectivity index (χ3v) is 4.52. The summed E-state index contributed by atoms with van der Waals surface area (Å²) in [6, 6.07) is 6.95. The zero-order valence-electron chi connectivity index (χ0n) is 9.47. The van der Waals surface area contributed by atoms with Crippen molar-refractivity contribution in [2.24, 2.45) is 0 Å². The number of thiophene rings is 1. The molecule has 0 aliphatic carbocycles. The minimum Gasteiger partial charge on any atom is -0.308 e. The van der Waals surface area contributed by atoms with Gasteiger partial charge in [0.25, 0.3) is 0 Å². The molecule has 1 aromatic heterocycles. The Balaban J connectivity index is 1.92. The number of nitrogens with one attached hydrogen (secondary N) is 1. The summed E-state index contributed by atoms with van der Waals surface area (Å²) in [6.45, 7) is 3.52. The Morgan fingerprint density at radius 1 is 1.29 bits per heavy atom. The molecule has 0 aliphatic heterocycles. The number of benzene rings is 1. The van der Waals surface area contributed by atoms with E-state index < -0.39 is 0 Å². The molecule has 1 nitrogen and oxygen atoms in total. The highest BCUT2D eigenvalue weighted by Gasteiger charge is 2.02. The number of hydrogen-bond donors (Lipinski definition) is 1. The van der Waals surface area contributed by atoms with Crippen LogP contribution in [0.5, 0.6) is 0 Å². The second-order valence-electron chi connectivity index (χ2n) is 3.87. The maximum Gasteiger partial charge on any atom is 0.123 e. The molecule has 1 aromatic carbocycles. The highest BCUT2D eigenvalue weighted by molar-refractivity contribution is 9.10. The van der Waals surface area contributed by atoms with Gasteiger partial charge in [0.05, 0.1) is 0 Å². The molecule has 0 fully saturated rings. The summed E-state index contributed by atoms with van der Waals surface area (Å²) < 4.78 is 14.1. The van der Waals surface area contributed by atoms with Crippen molar-refractivity contribution in [3.8, 4) is 0 Å². The Morgan fingerprint density at radius 3 is 2.76 bits per heavy atom. The molecule has 0 aliphatic rings. The van der Waals surface area contributed by atoms with Crippen LogP contribution in [-0.2, 0) is 13.1 Å². The van der Waals surface area contributed by atoms with Gasteiger partial charge in [-0.1, -0.05) is 6.07 Å². The first-order valence-corrected chi connectivity index (χ1v) is 7.01. The van der Waals surface area contributed by atoms with Crippen molar-refractivity contribution in [2.45, 2.75) is 20.0 Å². The van der Waals surface area contributed by atoms with E-state index in [0.717, 1.165) is 28.7 Å². The lowest BCUT2D eigenvalue weighted by molar-refractivity contribution is 0.623. The van der Waals surface area contributed by atoms with Crippen LogP contribution in [0.15, 0.2) is 34.1 Å². The van der Waals surface area contributed by atoms with Crippen LogP contribution in [0, 0.1) is 12.7 Å². The van der Waals surface area contributed by atoms with E-state index in [1.54, 1.807) is 17.4 Å². The van der Waals surface area contributed by atoms with Gasteiger partial charge in [-0.15, -0.1) is 11.3 Å². The third-order valence-electron chi connectivity index (χ3n) is 2.60. The van der Waals surface area contributed by atoms with E-state index in [9.17, 15) is 4.39 Å². The molecule has 1 heterocycles. The van der Waals surface area contributed by atoms with Gasteiger partial charge in [0.15, 0.2) is 0 Å². The molecule has 0 saturated heterocycles. The molecule has 0 radical (unpaired) electrons. The number of hydrogen-bond acceptors (Lipinski definition) is 2. The van der Waals surface area contributed by atoms with Crippen LogP contribution in [0.2, 0.25) is 0 Å². The van der Waals surface area contributed by atoms with Gasteiger partial charge in [0, 0.05) is 22.4 Å². The fourth-order valence-electron chi connectivity index (χ4n) is 1.62. The Kier molecular flexibility index (Phi) is 4.31. The molecule has 0 unspecified atom stereocenters. The van der Waals surface area contributed by atoms with Gasteiger partial charge in [-0.25, -0.2) is 4.39 Å². The third kappa shape index (κ3) is 3.37. The Labute approximate surface area is 113 Å². The fourth-order valence-corrected chi connectivity index (χ4v) is 3.08. The molecule has 2 rings (SSSR count). The molecule has 4 heteroatoms. The molecule has 1 N–H and O–H groups in total. The van der Waals surface area contributed by atoms with Gasteiger partial charge < -0.3 is 5.32 Å². The largest absolute Gasteiger partial charge is 0.308 e. The molecular weight excluding hydrogens is 301 g/mol. The smallest absolute Gasteiger partial charge is 0.123 e. The molecular formula is C13H13BrFNS. The van der Waals surface area contributed by atoms with Crippen LogP contribution < -0.4 is 5.32 Å². The second-order valence-corrected chi connectivity index (χ2v) is 5.72. The van der Waals surface area contributed by atoms with Crippen molar-refractivity contribution in [2.75, 3.05) is 0 Å². The van der Waals surface area contributed by atoms with Gasteiger partial charge in [-0.3, -0.25) is 0 Å². The predicted octanol–water partition coefficient (Wildman–Crippen LogP) is 4.25. The predicted molar refractivity (Wildman–Crippen MR) is 73.7 cm³/mol.